The van der Waals surface area contributed by atoms with Crippen LogP contribution in [0.5, 0.6) is 5.75 Å². The molecular formula is C21H24N2O4. The number of aryl methyl sites for hydroxylation is 1. The van der Waals surface area contributed by atoms with E-state index >= 15 is 0 Å². The summed E-state index contributed by atoms with van der Waals surface area (Å²) in [4.78, 5) is 19.4. The van der Waals surface area contributed by atoms with Gasteiger partial charge >= 0.3 is 5.97 Å². The van der Waals surface area contributed by atoms with Crippen molar-refractivity contribution in [1.29, 1.82) is 0 Å². The number of aromatic nitrogens is 1. The van der Waals surface area contributed by atoms with Crippen LogP contribution >= 0.6 is 0 Å². The number of piperidine rings is 1. The van der Waals surface area contributed by atoms with Crippen LogP contribution < -0.4 is 4.90 Å². The Hall–Kier alpha value is -2.60. The van der Waals surface area contributed by atoms with Gasteiger partial charge < -0.3 is 19.5 Å². The number of rotatable bonds is 5. The monoisotopic (exact) mass is 368 g/mol. The summed E-state index contributed by atoms with van der Waals surface area (Å²) in [6.07, 6.45) is 0.836. The Morgan fingerprint density at radius 3 is 2.81 bits per heavy atom. The standard InChI is InChI=1S/C21H24N2O4/c1-13-6-4-7-15(19(13)24)16-8-5-9-18(22-16)23-11-14-10-21(14,20(25)27-3)17(23)12-26-2/h4-9,14,17,24H,10-12H2,1-3H3/t14?,17-,21+/m0/s1. The van der Waals surface area contributed by atoms with Gasteiger partial charge in [-0.05, 0) is 43.0 Å². The van der Waals surface area contributed by atoms with E-state index in [2.05, 4.69) is 4.90 Å². The quantitative estimate of drug-likeness (QED) is 0.819. The van der Waals surface area contributed by atoms with Crippen molar-refractivity contribution in [3.05, 3.63) is 42.0 Å². The van der Waals surface area contributed by atoms with Crippen molar-refractivity contribution in [3.63, 3.8) is 0 Å². The van der Waals surface area contributed by atoms with Crippen molar-refractivity contribution < 1.29 is 19.4 Å². The minimum Gasteiger partial charge on any atom is -0.507 e. The highest BCUT2D eigenvalue weighted by Crippen LogP contribution is 2.62. The molecule has 142 valence electrons. The highest BCUT2D eigenvalue weighted by atomic mass is 16.5. The summed E-state index contributed by atoms with van der Waals surface area (Å²) in [5, 5.41) is 10.4. The third kappa shape index (κ3) is 2.67. The molecule has 0 spiro atoms. The van der Waals surface area contributed by atoms with Crippen LogP contribution in [0, 0.1) is 18.3 Å². The Bertz CT molecular complexity index is 884. The molecule has 2 fully saturated rings. The number of pyridine rings is 1. The van der Waals surface area contributed by atoms with Gasteiger partial charge in [0.05, 0.1) is 30.9 Å². The maximum Gasteiger partial charge on any atom is 0.314 e. The van der Waals surface area contributed by atoms with Gasteiger partial charge in [-0.1, -0.05) is 18.2 Å². The maximum absolute atomic E-state index is 12.5. The Morgan fingerprint density at radius 1 is 1.30 bits per heavy atom. The molecule has 1 N–H and O–H groups in total. The summed E-state index contributed by atoms with van der Waals surface area (Å²) in [5.74, 6) is 1.13. The molecule has 2 heterocycles. The molecule has 1 aromatic carbocycles. The smallest absolute Gasteiger partial charge is 0.314 e. The van der Waals surface area contributed by atoms with Crippen LogP contribution in [0.3, 0.4) is 0 Å². The Balaban J connectivity index is 1.70. The SMILES string of the molecule is COC[C@@H]1N(c2cccc(-c3cccc(C)c3O)n2)CC2C[C@@]21C(=O)OC. The number of nitrogens with zero attached hydrogens (tertiary/aromatic N) is 2. The van der Waals surface area contributed by atoms with Crippen molar-refractivity contribution in [2.45, 2.75) is 19.4 Å². The summed E-state index contributed by atoms with van der Waals surface area (Å²) in [5.41, 5.74) is 1.72. The fourth-order valence-corrected chi connectivity index (χ4v) is 4.45. The minimum absolute atomic E-state index is 0.103. The lowest BCUT2D eigenvalue weighted by Gasteiger charge is -2.31. The molecule has 1 saturated carbocycles. The molecule has 4 rings (SSSR count). The number of aromatic hydroxyl groups is 1. The van der Waals surface area contributed by atoms with E-state index in [0.717, 1.165) is 24.3 Å². The van der Waals surface area contributed by atoms with E-state index in [-0.39, 0.29) is 23.7 Å². The first-order valence-electron chi connectivity index (χ1n) is 9.13. The van der Waals surface area contributed by atoms with Crippen LogP contribution in [0.15, 0.2) is 36.4 Å². The summed E-state index contributed by atoms with van der Waals surface area (Å²) < 4.78 is 10.5. The maximum atomic E-state index is 12.5. The number of fused-ring (bicyclic) bond motifs is 1. The molecule has 6 heteroatoms. The van der Waals surface area contributed by atoms with Crippen LogP contribution in [0.2, 0.25) is 0 Å². The second-order valence-corrected chi connectivity index (χ2v) is 7.41. The van der Waals surface area contributed by atoms with Crippen LogP contribution in [-0.4, -0.2) is 49.5 Å². The summed E-state index contributed by atoms with van der Waals surface area (Å²) in [6, 6.07) is 11.3. The van der Waals surface area contributed by atoms with E-state index < -0.39 is 5.41 Å². The summed E-state index contributed by atoms with van der Waals surface area (Å²) in [7, 11) is 3.09. The topological polar surface area (TPSA) is 71.9 Å². The highest BCUT2D eigenvalue weighted by Gasteiger charge is 2.71. The minimum atomic E-state index is -0.492. The second-order valence-electron chi connectivity index (χ2n) is 7.41. The van der Waals surface area contributed by atoms with Crippen LogP contribution in [0.1, 0.15) is 12.0 Å². The lowest BCUT2D eigenvalue weighted by molar-refractivity contribution is -0.148. The average molecular weight is 368 g/mol. The van der Waals surface area contributed by atoms with Gasteiger partial charge in [0.25, 0.3) is 0 Å². The van der Waals surface area contributed by atoms with Gasteiger partial charge in [0.2, 0.25) is 0 Å². The van der Waals surface area contributed by atoms with E-state index in [1.54, 1.807) is 7.11 Å². The predicted octanol–water partition coefficient (Wildman–Crippen LogP) is 2.78. The number of benzene rings is 1. The Labute approximate surface area is 158 Å². The van der Waals surface area contributed by atoms with E-state index in [0.29, 0.717) is 17.9 Å². The number of carbonyl (C=O) groups is 1. The van der Waals surface area contributed by atoms with Crippen molar-refractivity contribution >= 4 is 11.8 Å². The number of anilines is 1. The molecule has 2 aromatic rings. The molecule has 1 aromatic heterocycles. The van der Waals surface area contributed by atoms with E-state index in [9.17, 15) is 9.90 Å². The van der Waals surface area contributed by atoms with Gasteiger partial charge in [0.1, 0.15) is 11.6 Å². The number of carbonyl (C=O) groups excluding carboxylic acids is 1. The largest absolute Gasteiger partial charge is 0.507 e. The molecule has 1 unspecified atom stereocenters. The number of ether oxygens (including phenoxy) is 2. The summed E-state index contributed by atoms with van der Waals surface area (Å²) in [6.45, 7) is 3.05. The van der Waals surface area contributed by atoms with Crippen LogP contribution in [-0.2, 0) is 14.3 Å². The first-order chi connectivity index (χ1) is 13.0. The van der Waals surface area contributed by atoms with Gasteiger partial charge in [-0.25, -0.2) is 4.98 Å². The average Bonchev–Trinajstić information content (AvgIpc) is 3.33. The van der Waals surface area contributed by atoms with Gasteiger partial charge in [0.15, 0.2) is 0 Å². The van der Waals surface area contributed by atoms with Crippen molar-refractivity contribution in [3.8, 4) is 17.0 Å². The molecule has 3 atom stereocenters. The predicted molar refractivity (Wildman–Crippen MR) is 102 cm³/mol. The number of methoxy groups -OCH3 is 2. The number of esters is 1. The molecule has 2 aliphatic rings. The lowest BCUT2D eigenvalue weighted by atomic mass is 9.96. The second kappa shape index (κ2) is 6.53. The summed E-state index contributed by atoms with van der Waals surface area (Å²) >= 11 is 0. The third-order valence-electron chi connectivity index (χ3n) is 5.97. The molecular weight excluding hydrogens is 344 g/mol. The number of phenolic OH excluding ortho intramolecular Hbond substituents is 1. The van der Waals surface area contributed by atoms with E-state index in [1.807, 2.05) is 43.3 Å². The van der Waals surface area contributed by atoms with Gasteiger partial charge in [-0.3, -0.25) is 4.79 Å². The Kier molecular flexibility index (Phi) is 4.30. The molecule has 1 saturated heterocycles. The molecule has 0 bridgehead atoms. The molecule has 0 radical (unpaired) electrons. The highest BCUT2D eigenvalue weighted by molar-refractivity contribution is 5.84. The van der Waals surface area contributed by atoms with Crippen LogP contribution in [0.25, 0.3) is 11.3 Å². The molecule has 6 nitrogen and oxygen atoms in total. The number of hydrogen-bond donors (Lipinski definition) is 1. The van der Waals surface area contributed by atoms with Gasteiger partial charge in [-0.15, -0.1) is 0 Å². The Morgan fingerprint density at radius 2 is 2.07 bits per heavy atom. The fourth-order valence-electron chi connectivity index (χ4n) is 4.45. The molecule has 27 heavy (non-hydrogen) atoms. The van der Waals surface area contributed by atoms with Crippen molar-refractivity contribution in [2.75, 3.05) is 32.3 Å². The number of para-hydroxylation sites is 1. The van der Waals surface area contributed by atoms with E-state index in [1.165, 1.54) is 7.11 Å². The first-order valence-corrected chi connectivity index (χ1v) is 9.13. The zero-order valence-corrected chi connectivity index (χ0v) is 15.8. The van der Waals surface area contributed by atoms with Gasteiger partial charge in [-0.2, -0.15) is 0 Å². The van der Waals surface area contributed by atoms with E-state index in [4.69, 9.17) is 14.5 Å². The zero-order chi connectivity index (χ0) is 19.2. The third-order valence-corrected chi connectivity index (χ3v) is 5.97. The van der Waals surface area contributed by atoms with Crippen molar-refractivity contribution in [2.24, 2.45) is 11.3 Å². The fraction of sp³-hybridized carbons (Fsp3) is 0.429. The first kappa shape index (κ1) is 17.8. The number of phenols is 1. The zero-order valence-electron chi connectivity index (χ0n) is 15.8. The normalized spacial score (nSPS) is 26.0. The number of hydrogen-bond acceptors (Lipinski definition) is 6. The van der Waals surface area contributed by atoms with Gasteiger partial charge in [0, 0.05) is 19.2 Å². The van der Waals surface area contributed by atoms with Crippen LogP contribution in [0.4, 0.5) is 5.82 Å². The molecule has 1 aliphatic carbocycles. The lowest BCUT2D eigenvalue weighted by Crippen LogP contribution is -2.44. The molecule has 1 aliphatic heterocycles. The molecule has 0 amide bonds. The van der Waals surface area contributed by atoms with Crippen molar-refractivity contribution in [1.82, 2.24) is 4.98 Å².